The summed E-state index contributed by atoms with van der Waals surface area (Å²) in [6.45, 7) is 7.93. The van der Waals surface area contributed by atoms with E-state index in [1.54, 1.807) is 0 Å². The molecule has 0 unspecified atom stereocenters. The molecule has 0 aromatic rings. The van der Waals surface area contributed by atoms with Crippen LogP contribution in [0.5, 0.6) is 0 Å². The van der Waals surface area contributed by atoms with Crippen molar-refractivity contribution in [3.63, 3.8) is 0 Å². The quantitative estimate of drug-likeness (QED) is 0.672. The largest absolute Gasteiger partial charge is 0.392 e. The van der Waals surface area contributed by atoms with Gasteiger partial charge in [0, 0.05) is 5.92 Å². The Hall–Kier alpha value is -0.120. The third kappa shape index (κ3) is 2.21. The molecule has 2 rings (SSSR count). The average molecular weight is 256 g/mol. The summed E-state index contributed by atoms with van der Waals surface area (Å²) in [5, 5.41) is 31.9. The molecule has 0 radical (unpaired) electrons. The Balaban J connectivity index is 2.36. The van der Waals surface area contributed by atoms with Crippen molar-refractivity contribution in [1.82, 2.24) is 0 Å². The van der Waals surface area contributed by atoms with Gasteiger partial charge in [-0.1, -0.05) is 13.8 Å². The van der Waals surface area contributed by atoms with Gasteiger partial charge in [-0.15, -0.1) is 0 Å². The first-order chi connectivity index (χ1) is 8.17. The molecular weight excluding hydrogens is 228 g/mol. The first kappa shape index (κ1) is 14.3. The van der Waals surface area contributed by atoms with E-state index < -0.39 is 17.3 Å². The summed E-state index contributed by atoms with van der Waals surface area (Å²) in [6.07, 6.45) is 2.56. The lowest BCUT2D eigenvalue weighted by Gasteiger charge is -2.39. The summed E-state index contributed by atoms with van der Waals surface area (Å²) in [7, 11) is 0. The zero-order chi connectivity index (χ0) is 13.7. The molecule has 2 saturated carbocycles. The van der Waals surface area contributed by atoms with Crippen molar-refractivity contribution in [2.45, 2.75) is 70.7 Å². The van der Waals surface area contributed by atoms with Gasteiger partial charge in [-0.2, -0.15) is 0 Å². The van der Waals surface area contributed by atoms with Gasteiger partial charge >= 0.3 is 0 Å². The van der Waals surface area contributed by atoms with Gasteiger partial charge < -0.3 is 15.3 Å². The SMILES string of the molecule is CC(C)[C@H]1CC[C@](C)(O)[C@H]2CC[C@@](C)(O)[C@@H]2[C@H]1O. The Kier molecular flexibility index (Phi) is 3.54. The van der Waals surface area contributed by atoms with Gasteiger partial charge in [0.2, 0.25) is 0 Å². The van der Waals surface area contributed by atoms with Gasteiger partial charge in [0.05, 0.1) is 17.3 Å². The van der Waals surface area contributed by atoms with Crippen LogP contribution < -0.4 is 0 Å². The molecule has 0 heterocycles. The first-order valence-electron chi connectivity index (χ1n) is 7.29. The highest BCUT2D eigenvalue weighted by atomic mass is 16.3. The Bertz CT molecular complexity index is 309. The van der Waals surface area contributed by atoms with E-state index >= 15 is 0 Å². The van der Waals surface area contributed by atoms with Crippen LogP contribution in [0, 0.1) is 23.7 Å². The third-order valence-electron chi connectivity index (χ3n) is 5.56. The van der Waals surface area contributed by atoms with Crippen LogP contribution in [0.3, 0.4) is 0 Å². The fraction of sp³-hybridized carbons (Fsp3) is 1.00. The van der Waals surface area contributed by atoms with Crippen LogP contribution >= 0.6 is 0 Å². The van der Waals surface area contributed by atoms with Crippen molar-refractivity contribution in [2.75, 3.05) is 0 Å². The molecule has 0 amide bonds. The summed E-state index contributed by atoms with van der Waals surface area (Å²) in [6, 6.07) is 0. The molecule has 0 aromatic carbocycles. The van der Waals surface area contributed by atoms with Crippen LogP contribution in [0.15, 0.2) is 0 Å². The molecule has 3 nitrogen and oxygen atoms in total. The smallest absolute Gasteiger partial charge is 0.0676 e. The van der Waals surface area contributed by atoms with Crippen molar-refractivity contribution in [3.05, 3.63) is 0 Å². The molecule has 106 valence electrons. The third-order valence-corrected chi connectivity index (χ3v) is 5.56. The molecule has 0 aliphatic heterocycles. The molecular formula is C15H28O3. The van der Waals surface area contributed by atoms with E-state index in [2.05, 4.69) is 13.8 Å². The van der Waals surface area contributed by atoms with E-state index in [0.717, 1.165) is 19.3 Å². The van der Waals surface area contributed by atoms with Gasteiger partial charge in [0.15, 0.2) is 0 Å². The van der Waals surface area contributed by atoms with Crippen LogP contribution in [-0.2, 0) is 0 Å². The number of fused-ring (bicyclic) bond motifs is 1. The van der Waals surface area contributed by atoms with E-state index in [9.17, 15) is 15.3 Å². The maximum atomic E-state index is 10.7. The van der Waals surface area contributed by atoms with Crippen molar-refractivity contribution < 1.29 is 15.3 Å². The molecule has 2 aliphatic rings. The van der Waals surface area contributed by atoms with Gasteiger partial charge in [0.1, 0.15) is 0 Å². The Morgan fingerprint density at radius 1 is 1.00 bits per heavy atom. The lowest BCUT2D eigenvalue weighted by molar-refractivity contribution is -0.101. The number of aliphatic hydroxyl groups excluding tert-OH is 1. The summed E-state index contributed by atoms with van der Waals surface area (Å²) in [5.74, 6) is 0.385. The summed E-state index contributed by atoms with van der Waals surface area (Å²) >= 11 is 0. The van der Waals surface area contributed by atoms with Gasteiger partial charge in [-0.25, -0.2) is 0 Å². The Morgan fingerprint density at radius 3 is 2.11 bits per heavy atom. The minimum Gasteiger partial charge on any atom is -0.392 e. The average Bonchev–Trinajstić information content (AvgIpc) is 2.48. The molecule has 0 aromatic heterocycles. The van der Waals surface area contributed by atoms with Gasteiger partial charge in [-0.3, -0.25) is 0 Å². The second-order valence-electron chi connectivity index (χ2n) is 7.32. The monoisotopic (exact) mass is 256 g/mol. The topological polar surface area (TPSA) is 60.7 Å². The molecule has 0 spiro atoms. The van der Waals surface area contributed by atoms with E-state index in [1.165, 1.54) is 0 Å². The van der Waals surface area contributed by atoms with Crippen LogP contribution in [0.1, 0.15) is 53.4 Å². The summed E-state index contributed by atoms with van der Waals surface area (Å²) < 4.78 is 0. The highest BCUT2D eigenvalue weighted by Crippen LogP contribution is 2.52. The molecule has 0 bridgehead atoms. The lowest BCUT2D eigenvalue weighted by atomic mass is 9.73. The van der Waals surface area contributed by atoms with Crippen molar-refractivity contribution in [3.8, 4) is 0 Å². The maximum absolute atomic E-state index is 10.7. The second kappa shape index (κ2) is 4.46. The molecule has 18 heavy (non-hydrogen) atoms. The highest BCUT2D eigenvalue weighted by molar-refractivity contribution is 5.07. The van der Waals surface area contributed by atoms with Crippen LogP contribution in [0.2, 0.25) is 0 Å². The normalized spacial score (nSPS) is 53.3. The Labute approximate surface area is 110 Å². The zero-order valence-electron chi connectivity index (χ0n) is 12.1. The second-order valence-corrected chi connectivity index (χ2v) is 7.32. The molecule has 0 saturated heterocycles. The molecule has 2 aliphatic carbocycles. The first-order valence-corrected chi connectivity index (χ1v) is 7.29. The highest BCUT2D eigenvalue weighted by Gasteiger charge is 2.56. The van der Waals surface area contributed by atoms with Crippen molar-refractivity contribution >= 4 is 0 Å². The molecule has 2 fully saturated rings. The molecule has 3 heteroatoms. The minimum atomic E-state index is -0.842. The van der Waals surface area contributed by atoms with E-state index in [0.29, 0.717) is 12.3 Å². The van der Waals surface area contributed by atoms with Gasteiger partial charge in [-0.05, 0) is 57.3 Å². The number of rotatable bonds is 1. The zero-order valence-corrected chi connectivity index (χ0v) is 12.1. The predicted molar refractivity (Wildman–Crippen MR) is 71.0 cm³/mol. The molecule has 6 atom stereocenters. The van der Waals surface area contributed by atoms with E-state index in [1.807, 2.05) is 13.8 Å². The van der Waals surface area contributed by atoms with Crippen LogP contribution in [-0.4, -0.2) is 32.6 Å². The standard InChI is InChI=1S/C15H28O3/c1-9(2)10-5-7-14(3,17)11-6-8-15(4,18)12(11)13(10)16/h9-13,16-18H,5-8H2,1-4H3/t10-,11+,12+,13+,14+,15-/m1/s1. The van der Waals surface area contributed by atoms with Crippen LogP contribution in [0.25, 0.3) is 0 Å². The van der Waals surface area contributed by atoms with E-state index in [-0.39, 0.29) is 17.8 Å². The summed E-state index contributed by atoms with van der Waals surface area (Å²) in [4.78, 5) is 0. The van der Waals surface area contributed by atoms with Crippen molar-refractivity contribution in [1.29, 1.82) is 0 Å². The lowest BCUT2D eigenvalue weighted by Crippen LogP contribution is -2.47. The number of hydrogen-bond donors (Lipinski definition) is 3. The number of hydrogen-bond acceptors (Lipinski definition) is 3. The van der Waals surface area contributed by atoms with Crippen molar-refractivity contribution in [2.24, 2.45) is 23.7 Å². The minimum absolute atomic E-state index is 0.0197. The van der Waals surface area contributed by atoms with Crippen LogP contribution in [0.4, 0.5) is 0 Å². The fourth-order valence-corrected chi connectivity index (χ4v) is 4.34. The van der Waals surface area contributed by atoms with Gasteiger partial charge in [0.25, 0.3) is 0 Å². The fourth-order valence-electron chi connectivity index (χ4n) is 4.34. The maximum Gasteiger partial charge on any atom is 0.0676 e. The predicted octanol–water partition coefficient (Wildman–Crippen LogP) is 1.94. The Morgan fingerprint density at radius 2 is 1.56 bits per heavy atom. The molecule has 3 N–H and O–H groups in total. The van der Waals surface area contributed by atoms with E-state index in [4.69, 9.17) is 0 Å². The number of aliphatic hydroxyl groups is 3. The summed E-state index contributed by atoms with van der Waals surface area (Å²) in [5.41, 5.74) is -1.60.